The minimum Gasteiger partial charge on any atom is -0.550 e. The summed E-state index contributed by atoms with van der Waals surface area (Å²) in [6.07, 6.45) is 0.760. The smallest absolute Gasteiger partial charge is 0.228 e. The van der Waals surface area contributed by atoms with Crippen molar-refractivity contribution in [1.82, 2.24) is 0 Å². The topological polar surface area (TPSA) is 89.5 Å². The van der Waals surface area contributed by atoms with Gasteiger partial charge in [0.15, 0.2) is 0 Å². The van der Waals surface area contributed by atoms with Gasteiger partial charge in [0.05, 0.1) is 5.92 Å². The fourth-order valence-corrected chi connectivity index (χ4v) is 3.00. The van der Waals surface area contributed by atoms with Crippen molar-refractivity contribution in [1.29, 1.82) is 0 Å². The van der Waals surface area contributed by atoms with Crippen LogP contribution in [0.25, 0.3) is 0 Å². The minimum absolute atomic E-state index is 0.0894. The highest BCUT2D eigenvalue weighted by atomic mass is 16.4. The van der Waals surface area contributed by atoms with Crippen molar-refractivity contribution in [3.63, 3.8) is 0 Å². The number of hydrogen-bond acceptors (Lipinski definition) is 4. The van der Waals surface area contributed by atoms with E-state index in [9.17, 15) is 19.5 Å². The van der Waals surface area contributed by atoms with Gasteiger partial charge in [0, 0.05) is 37.2 Å². The van der Waals surface area contributed by atoms with E-state index in [4.69, 9.17) is 0 Å². The molecule has 0 heterocycles. The van der Waals surface area contributed by atoms with Crippen LogP contribution in [0.3, 0.4) is 0 Å². The summed E-state index contributed by atoms with van der Waals surface area (Å²) in [5.41, 5.74) is 3.34. The number of anilines is 2. The first-order valence-corrected chi connectivity index (χ1v) is 8.22. The third-order valence-corrected chi connectivity index (χ3v) is 4.90. The lowest BCUT2D eigenvalue weighted by atomic mass is 9.76. The zero-order valence-electron chi connectivity index (χ0n) is 15.0. The molecule has 2 rings (SSSR count). The molecule has 1 N–H and O–H groups in total. The molecular formula is C19H23N2O4-. The normalized spacial score (nSPS) is 20.2. The fourth-order valence-electron chi connectivity index (χ4n) is 3.00. The minimum atomic E-state index is -1.19. The molecule has 0 unspecified atom stereocenters. The number of rotatable bonds is 4. The van der Waals surface area contributed by atoms with Gasteiger partial charge in [0.2, 0.25) is 11.8 Å². The molecule has 2 atom stereocenters. The number of hydrogen-bond donors (Lipinski definition) is 1. The van der Waals surface area contributed by atoms with Crippen LogP contribution in [0, 0.1) is 11.8 Å². The number of amides is 2. The van der Waals surface area contributed by atoms with Crippen LogP contribution in [0.4, 0.5) is 11.4 Å². The molecule has 0 radical (unpaired) electrons. The van der Waals surface area contributed by atoms with Crippen LogP contribution < -0.4 is 15.3 Å². The zero-order valence-corrected chi connectivity index (χ0v) is 15.0. The Labute approximate surface area is 147 Å². The maximum absolute atomic E-state index is 12.6. The number of nitrogens with zero attached hydrogens (tertiary/aromatic N) is 1. The predicted molar refractivity (Wildman–Crippen MR) is 93.8 cm³/mol. The molecule has 1 aliphatic rings. The fraction of sp³-hybridized carbons (Fsp3) is 0.421. The van der Waals surface area contributed by atoms with Gasteiger partial charge >= 0.3 is 0 Å². The van der Waals surface area contributed by atoms with E-state index in [1.807, 2.05) is 13.8 Å². The third kappa shape index (κ3) is 4.26. The first-order valence-electron chi connectivity index (χ1n) is 8.22. The molecule has 134 valence electrons. The third-order valence-electron chi connectivity index (χ3n) is 4.90. The molecule has 1 aliphatic carbocycles. The van der Waals surface area contributed by atoms with Crippen LogP contribution >= 0.6 is 0 Å². The number of carbonyl (C=O) groups is 3. The van der Waals surface area contributed by atoms with E-state index in [0.717, 1.165) is 11.1 Å². The van der Waals surface area contributed by atoms with E-state index in [0.29, 0.717) is 24.2 Å². The highest BCUT2D eigenvalue weighted by molar-refractivity contribution is 5.96. The van der Waals surface area contributed by atoms with Gasteiger partial charge in [-0.2, -0.15) is 0 Å². The maximum Gasteiger partial charge on any atom is 0.228 e. The predicted octanol–water partition coefficient (Wildman–Crippen LogP) is 1.72. The Morgan fingerprint density at radius 1 is 1.04 bits per heavy atom. The Morgan fingerprint density at radius 3 is 2.04 bits per heavy atom. The Morgan fingerprint density at radius 2 is 1.56 bits per heavy atom. The lowest BCUT2D eigenvalue weighted by Gasteiger charge is -2.32. The number of aliphatic carboxylic acids is 1. The number of carbonyl (C=O) groups excluding carboxylic acids is 3. The van der Waals surface area contributed by atoms with E-state index in [1.54, 1.807) is 31.3 Å². The van der Waals surface area contributed by atoms with Crippen LogP contribution in [0.2, 0.25) is 0 Å². The second-order valence-corrected chi connectivity index (χ2v) is 6.62. The summed E-state index contributed by atoms with van der Waals surface area (Å²) in [6, 6.07) is 6.84. The van der Waals surface area contributed by atoms with Gasteiger partial charge in [0.1, 0.15) is 0 Å². The molecule has 6 heteroatoms. The summed E-state index contributed by atoms with van der Waals surface area (Å²) in [5.74, 6) is -3.06. The summed E-state index contributed by atoms with van der Waals surface area (Å²) in [4.78, 5) is 36.8. The van der Waals surface area contributed by atoms with E-state index in [-0.39, 0.29) is 11.8 Å². The molecule has 0 saturated heterocycles. The Kier molecular flexibility index (Phi) is 5.62. The quantitative estimate of drug-likeness (QED) is 0.843. The van der Waals surface area contributed by atoms with E-state index < -0.39 is 17.8 Å². The molecule has 0 spiro atoms. The van der Waals surface area contributed by atoms with Gasteiger partial charge < -0.3 is 20.1 Å². The zero-order chi connectivity index (χ0) is 18.7. The summed E-state index contributed by atoms with van der Waals surface area (Å²) < 4.78 is 0. The largest absolute Gasteiger partial charge is 0.550 e. The van der Waals surface area contributed by atoms with Gasteiger partial charge in [-0.15, -0.1) is 0 Å². The van der Waals surface area contributed by atoms with Crippen LogP contribution in [0.1, 0.15) is 33.6 Å². The molecule has 6 nitrogen and oxygen atoms in total. The Bertz CT molecular complexity index is 721. The highest BCUT2D eigenvalue weighted by Gasteiger charge is 2.33. The van der Waals surface area contributed by atoms with Crippen molar-refractivity contribution in [3.05, 3.63) is 35.4 Å². The van der Waals surface area contributed by atoms with E-state index in [2.05, 4.69) is 5.32 Å². The van der Waals surface area contributed by atoms with E-state index >= 15 is 0 Å². The van der Waals surface area contributed by atoms with Gasteiger partial charge in [-0.1, -0.05) is 11.1 Å². The molecule has 1 aromatic rings. The number of carboxylic acids is 1. The van der Waals surface area contributed by atoms with Crippen LogP contribution in [-0.4, -0.2) is 24.8 Å². The Hall–Kier alpha value is -2.63. The summed E-state index contributed by atoms with van der Waals surface area (Å²) in [5, 5.41) is 14.2. The van der Waals surface area contributed by atoms with Crippen molar-refractivity contribution < 1.29 is 19.5 Å². The van der Waals surface area contributed by atoms with Gasteiger partial charge in [-0.3, -0.25) is 9.59 Å². The van der Waals surface area contributed by atoms with Crippen LogP contribution in [0.15, 0.2) is 35.4 Å². The molecule has 0 fully saturated rings. The molecule has 0 aromatic heterocycles. The molecule has 1 aromatic carbocycles. The number of benzene rings is 1. The van der Waals surface area contributed by atoms with Crippen molar-refractivity contribution in [2.45, 2.75) is 33.6 Å². The number of nitrogens with one attached hydrogen (secondary N) is 1. The van der Waals surface area contributed by atoms with Crippen LogP contribution in [-0.2, 0) is 14.4 Å². The van der Waals surface area contributed by atoms with Crippen molar-refractivity contribution in [2.75, 3.05) is 17.3 Å². The lowest BCUT2D eigenvalue weighted by Crippen LogP contribution is -2.42. The lowest BCUT2D eigenvalue weighted by molar-refractivity contribution is -0.313. The second kappa shape index (κ2) is 7.51. The summed E-state index contributed by atoms with van der Waals surface area (Å²) >= 11 is 0. The number of carboxylic acid groups (broad SMARTS) is 1. The first kappa shape index (κ1) is 18.7. The van der Waals surface area contributed by atoms with Gasteiger partial charge in [0.25, 0.3) is 0 Å². The van der Waals surface area contributed by atoms with Crippen LogP contribution in [0.5, 0.6) is 0 Å². The first-order chi connectivity index (χ1) is 11.7. The molecule has 0 bridgehead atoms. The van der Waals surface area contributed by atoms with Gasteiger partial charge in [-0.05, 0) is 51.0 Å². The summed E-state index contributed by atoms with van der Waals surface area (Å²) in [6.45, 7) is 5.29. The van der Waals surface area contributed by atoms with Gasteiger partial charge in [-0.25, -0.2) is 0 Å². The Balaban J connectivity index is 2.13. The monoisotopic (exact) mass is 343 g/mol. The molecular weight excluding hydrogens is 320 g/mol. The molecule has 2 amide bonds. The van der Waals surface area contributed by atoms with Crippen molar-refractivity contribution in [3.8, 4) is 0 Å². The maximum atomic E-state index is 12.6. The second-order valence-electron chi connectivity index (χ2n) is 6.62. The SMILES string of the molecule is CC(=O)N(C)c1ccc(NC(=O)[C@@H]2CC(C)=C(C)C[C@H]2C(=O)[O-])cc1. The highest BCUT2D eigenvalue weighted by Crippen LogP contribution is 2.34. The average Bonchev–Trinajstić information content (AvgIpc) is 2.56. The average molecular weight is 343 g/mol. The number of allylic oxidation sites excluding steroid dienone is 2. The standard InChI is InChI=1S/C19H24N2O4/c1-11-9-16(17(19(24)25)10-12(11)2)18(23)20-14-5-7-15(8-6-14)21(4)13(3)22/h5-8,16-17H,9-10H2,1-4H3,(H,20,23)(H,24,25)/p-1/t16-,17-/m1/s1. The molecule has 0 saturated carbocycles. The van der Waals surface area contributed by atoms with E-state index in [1.165, 1.54) is 11.8 Å². The summed E-state index contributed by atoms with van der Waals surface area (Å²) in [7, 11) is 1.67. The molecule has 0 aliphatic heterocycles. The molecule has 25 heavy (non-hydrogen) atoms. The van der Waals surface area contributed by atoms with Crippen molar-refractivity contribution >= 4 is 29.2 Å². The van der Waals surface area contributed by atoms with Crippen molar-refractivity contribution in [2.24, 2.45) is 11.8 Å².